The zero-order chi connectivity index (χ0) is 13.5. The molecule has 0 amide bonds. The molecule has 102 valence electrons. The maximum Gasteiger partial charge on any atom is 0.165 e. The molecule has 0 aliphatic carbocycles. The van der Waals surface area contributed by atoms with E-state index in [2.05, 4.69) is 15.0 Å². The second-order valence-corrected chi connectivity index (χ2v) is 4.75. The van der Waals surface area contributed by atoms with E-state index in [9.17, 15) is 10.2 Å². The van der Waals surface area contributed by atoms with Crippen LogP contribution in [0, 0.1) is 0 Å². The Morgan fingerprint density at radius 1 is 1.37 bits per heavy atom. The fourth-order valence-electron chi connectivity index (χ4n) is 2.41. The fraction of sp³-hybridized carbons (Fsp3) is 0.545. The second kappa shape index (κ2) is 4.41. The van der Waals surface area contributed by atoms with Gasteiger partial charge in [-0.05, 0) is 0 Å². The zero-order valence-corrected chi connectivity index (χ0v) is 10.2. The number of fused-ring (bicyclic) bond motifs is 1. The predicted molar refractivity (Wildman–Crippen MR) is 66.2 cm³/mol. The number of rotatable bonds is 3. The average molecular weight is 265 g/mol. The highest BCUT2D eigenvalue weighted by Gasteiger charge is 2.40. The lowest BCUT2D eigenvalue weighted by Gasteiger charge is -2.22. The van der Waals surface area contributed by atoms with Crippen LogP contribution in [0.3, 0.4) is 0 Å². The van der Waals surface area contributed by atoms with Crippen molar-refractivity contribution in [2.45, 2.75) is 18.1 Å². The van der Waals surface area contributed by atoms with Gasteiger partial charge in [-0.25, -0.2) is 15.0 Å². The molecule has 3 heterocycles. The van der Waals surface area contributed by atoms with Gasteiger partial charge in [-0.2, -0.15) is 0 Å². The highest BCUT2D eigenvalue weighted by molar-refractivity contribution is 5.81. The van der Waals surface area contributed by atoms with Crippen molar-refractivity contribution in [2.75, 3.05) is 25.6 Å². The van der Waals surface area contributed by atoms with Gasteiger partial charge in [0.1, 0.15) is 17.4 Å². The van der Waals surface area contributed by atoms with Crippen molar-refractivity contribution in [1.29, 1.82) is 0 Å². The van der Waals surface area contributed by atoms with Crippen LogP contribution < -0.4 is 5.73 Å². The average Bonchev–Trinajstić information content (AvgIpc) is 3.03. The Labute approximate surface area is 108 Å². The van der Waals surface area contributed by atoms with E-state index in [1.165, 1.54) is 6.33 Å². The number of ether oxygens (including phenoxy) is 1. The van der Waals surface area contributed by atoms with Gasteiger partial charge in [0.25, 0.3) is 0 Å². The van der Waals surface area contributed by atoms with Gasteiger partial charge in [0.15, 0.2) is 11.5 Å². The Balaban J connectivity index is 1.96. The van der Waals surface area contributed by atoms with Crippen molar-refractivity contribution >= 4 is 17.0 Å². The van der Waals surface area contributed by atoms with Crippen molar-refractivity contribution in [1.82, 2.24) is 19.5 Å². The Morgan fingerprint density at radius 2 is 2.16 bits per heavy atom. The maximum absolute atomic E-state index is 9.33. The summed E-state index contributed by atoms with van der Waals surface area (Å²) in [5, 5.41) is 18.7. The molecule has 0 radical (unpaired) electrons. The van der Waals surface area contributed by atoms with Gasteiger partial charge in [-0.3, -0.25) is 0 Å². The van der Waals surface area contributed by atoms with Crippen LogP contribution in [0.2, 0.25) is 0 Å². The van der Waals surface area contributed by atoms with Crippen molar-refractivity contribution in [3.63, 3.8) is 0 Å². The molecule has 0 bridgehead atoms. The summed E-state index contributed by atoms with van der Waals surface area (Å²) in [7, 11) is 0. The molecular weight excluding hydrogens is 250 g/mol. The summed E-state index contributed by atoms with van der Waals surface area (Å²) < 4.78 is 7.38. The molecule has 3 rings (SSSR count). The van der Waals surface area contributed by atoms with E-state index in [4.69, 9.17) is 10.5 Å². The van der Waals surface area contributed by atoms with E-state index >= 15 is 0 Å². The van der Waals surface area contributed by atoms with E-state index in [0.29, 0.717) is 30.0 Å². The topological polar surface area (TPSA) is 119 Å². The summed E-state index contributed by atoms with van der Waals surface area (Å²) in [5.41, 5.74) is 6.03. The van der Waals surface area contributed by atoms with E-state index in [1.54, 1.807) is 6.33 Å². The third-order valence-electron chi connectivity index (χ3n) is 3.55. The van der Waals surface area contributed by atoms with Crippen LogP contribution in [0.15, 0.2) is 12.7 Å². The Bertz CT molecular complexity index is 595. The lowest BCUT2D eigenvalue weighted by atomic mass is 10.00. The van der Waals surface area contributed by atoms with E-state index in [1.807, 2.05) is 4.57 Å². The number of aromatic nitrogens is 4. The summed E-state index contributed by atoms with van der Waals surface area (Å²) in [4.78, 5) is 12.3. The highest BCUT2D eigenvalue weighted by atomic mass is 16.5. The van der Waals surface area contributed by atoms with Crippen LogP contribution in [0.1, 0.15) is 12.5 Å². The summed E-state index contributed by atoms with van der Waals surface area (Å²) in [6.45, 7) is -0.0516. The molecule has 1 aliphatic rings. The highest BCUT2D eigenvalue weighted by Crippen LogP contribution is 2.34. The lowest BCUT2D eigenvalue weighted by Crippen LogP contribution is -2.36. The third-order valence-corrected chi connectivity index (χ3v) is 3.55. The number of hydrogen-bond donors (Lipinski definition) is 3. The normalized spacial score (nSPS) is 22.1. The zero-order valence-electron chi connectivity index (χ0n) is 10.2. The monoisotopic (exact) mass is 265 g/mol. The van der Waals surface area contributed by atoms with Crippen molar-refractivity contribution < 1.29 is 14.9 Å². The van der Waals surface area contributed by atoms with E-state index < -0.39 is 5.60 Å². The van der Waals surface area contributed by atoms with Gasteiger partial charge in [0.2, 0.25) is 0 Å². The maximum atomic E-state index is 9.33. The third kappa shape index (κ3) is 1.84. The number of nitrogens with two attached hydrogens (primary N) is 1. The summed E-state index contributed by atoms with van der Waals surface area (Å²) in [6.07, 6.45) is 3.51. The summed E-state index contributed by atoms with van der Waals surface area (Å²) >= 11 is 0. The minimum atomic E-state index is -0.889. The first-order chi connectivity index (χ1) is 9.19. The number of hydrogen-bond acceptors (Lipinski definition) is 7. The van der Waals surface area contributed by atoms with Gasteiger partial charge in [0.05, 0.1) is 32.2 Å². The van der Waals surface area contributed by atoms with Crippen LogP contribution in [-0.2, 0) is 4.74 Å². The van der Waals surface area contributed by atoms with Crippen molar-refractivity contribution in [3.05, 3.63) is 12.7 Å². The standard InChI is InChI=1S/C11H15N5O3/c12-9-8-10(14-5-13-9)16(6-15-8)7-1-11(3-17,4-18)19-2-7/h5-7,17-18H,1-4H2,(H2,12,13,14)/t7-/m1/s1. The van der Waals surface area contributed by atoms with Crippen LogP contribution in [0.5, 0.6) is 0 Å². The quantitative estimate of drug-likeness (QED) is 0.657. The second-order valence-electron chi connectivity index (χ2n) is 4.75. The molecule has 0 spiro atoms. The molecule has 0 aromatic carbocycles. The van der Waals surface area contributed by atoms with Crippen LogP contribution >= 0.6 is 0 Å². The molecule has 1 fully saturated rings. The van der Waals surface area contributed by atoms with Crippen molar-refractivity contribution in [3.8, 4) is 0 Å². The van der Waals surface area contributed by atoms with Crippen LogP contribution in [-0.4, -0.2) is 55.2 Å². The number of nitrogen functional groups attached to an aromatic ring is 1. The largest absolute Gasteiger partial charge is 0.393 e. The summed E-state index contributed by atoms with van der Waals surface area (Å²) in [6, 6.07) is -0.0430. The number of anilines is 1. The Kier molecular flexibility index (Phi) is 2.85. The molecule has 2 aromatic rings. The molecule has 0 saturated carbocycles. The molecule has 2 aromatic heterocycles. The van der Waals surface area contributed by atoms with E-state index in [0.717, 1.165) is 0 Å². The molecule has 0 unspecified atom stereocenters. The summed E-state index contributed by atoms with van der Waals surface area (Å²) in [5.74, 6) is 0.332. The molecule has 1 aliphatic heterocycles. The SMILES string of the molecule is Nc1ncnc2c1ncn2[C@H]1COC(CO)(CO)C1. The van der Waals surface area contributed by atoms with Crippen molar-refractivity contribution in [2.24, 2.45) is 0 Å². The Morgan fingerprint density at radius 3 is 2.84 bits per heavy atom. The number of imidazole rings is 1. The van der Waals surface area contributed by atoms with Gasteiger partial charge >= 0.3 is 0 Å². The molecule has 8 heteroatoms. The van der Waals surface area contributed by atoms with Gasteiger partial charge < -0.3 is 25.3 Å². The van der Waals surface area contributed by atoms with E-state index in [-0.39, 0.29) is 19.3 Å². The molecule has 19 heavy (non-hydrogen) atoms. The molecule has 4 N–H and O–H groups in total. The Hall–Kier alpha value is -1.77. The molecule has 1 atom stereocenters. The smallest absolute Gasteiger partial charge is 0.165 e. The van der Waals surface area contributed by atoms with Crippen LogP contribution in [0.25, 0.3) is 11.2 Å². The first kappa shape index (κ1) is 12.3. The number of aliphatic hydroxyl groups is 2. The molecule has 8 nitrogen and oxygen atoms in total. The molecular formula is C11H15N5O3. The fourth-order valence-corrected chi connectivity index (χ4v) is 2.41. The predicted octanol–water partition coefficient (Wildman–Crippen LogP) is -0.907. The number of aliphatic hydroxyl groups excluding tert-OH is 2. The first-order valence-electron chi connectivity index (χ1n) is 5.98. The lowest BCUT2D eigenvalue weighted by molar-refractivity contribution is -0.0719. The van der Waals surface area contributed by atoms with Gasteiger partial charge in [-0.1, -0.05) is 0 Å². The van der Waals surface area contributed by atoms with Crippen LogP contribution in [0.4, 0.5) is 5.82 Å². The first-order valence-corrected chi connectivity index (χ1v) is 5.98. The van der Waals surface area contributed by atoms with Gasteiger partial charge in [-0.15, -0.1) is 0 Å². The molecule has 1 saturated heterocycles. The minimum absolute atomic E-state index is 0.0430. The minimum Gasteiger partial charge on any atom is -0.393 e. The van der Waals surface area contributed by atoms with Gasteiger partial charge in [0, 0.05) is 6.42 Å². The number of nitrogens with zero attached hydrogens (tertiary/aromatic N) is 4.